The van der Waals surface area contributed by atoms with E-state index in [1.54, 1.807) is 0 Å². The molecule has 1 aliphatic heterocycles. The fourth-order valence-electron chi connectivity index (χ4n) is 2.73. The molecule has 0 spiro atoms. The molecule has 20 heavy (non-hydrogen) atoms. The Balaban J connectivity index is 1.78. The van der Waals surface area contributed by atoms with Gasteiger partial charge in [0.1, 0.15) is 11.5 Å². The Hall–Kier alpha value is -1.33. The quantitative estimate of drug-likeness (QED) is 0.905. The summed E-state index contributed by atoms with van der Waals surface area (Å²) < 4.78 is 11.0. The standard InChI is InChI=1S/C15H22N2O3/c1-10-3-6-12(20-10)7-17(11-4-5-11)14(18)15(2)9-19-8-13(15)16/h3,6,11,13H,4-5,7-9,16H2,1-2H3. The lowest BCUT2D eigenvalue weighted by Crippen LogP contribution is -2.51. The van der Waals surface area contributed by atoms with Crippen molar-refractivity contribution in [3.8, 4) is 0 Å². The van der Waals surface area contributed by atoms with Crippen LogP contribution >= 0.6 is 0 Å². The lowest BCUT2D eigenvalue weighted by atomic mass is 9.84. The first-order chi connectivity index (χ1) is 9.50. The number of aryl methyl sites for hydroxylation is 1. The van der Waals surface area contributed by atoms with Crippen LogP contribution in [-0.2, 0) is 16.1 Å². The van der Waals surface area contributed by atoms with Gasteiger partial charge in [0.05, 0.1) is 25.2 Å². The summed E-state index contributed by atoms with van der Waals surface area (Å²) in [6.45, 7) is 5.22. The molecule has 0 bridgehead atoms. The summed E-state index contributed by atoms with van der Waals surface area (Å²) in [5.41, 5.74) is 5.47. The van der Waals surface area contributed by atoms with Gasteiger partial charge in [-0.3, -0.25) is 4.79 Å². The summed E-state index contributed by atoms with van der Waals surface area (Å²) in [4.78, 5) is 14.8. The molecule has 2 atom stereocenters. The van der Waals surface area contributed by atoms with Crippen LogP contribution in [-0.4, -0.2) is 36.1 Å². The maximum Gasteiger partial charge on any atom is 0.233 e. The predicted molar refractivity (Wildman–Crippen MR) is 73.9 cm³/mol. The van der Waals surface area contributed by atoms with Gasteiger partial charge in [0.15, 0.2) is 0 Å². The lowest BCUT2D eigenvalue weighted by Gasteiger charge is -2.33. The van der Waals surface area contributed by atoms with E-state index in [1.165, 1.54) is 0 Å². The van der Waals surface area contributed by atoms with Crippen LogP contribution in [0.5, 0.6) is 0 Å². The minimum absolute atomic E-state index is 0.0963. The first kappa shape index (κ1) is 13.6. The van der Waals surface area contributed by atoms with Gasteiger partial charge in [0.25, 0.3) is 0 Å². The monoisotopic (exact) mass is 278 g/mol. The highest BCUT2D eigenvalue weighted by Gasteiger charge is 2.49. The molecule has 1 amide bonds. The van der Waals surface area contributed by atoms with Crippen molar-refractivity contribution in [3.63, 3.8) is 0 Å². The molecule has 2 heterocycles. The van der Waals surface area contributed by atoms with Crippen LogP contribution in [0.2, 0.25) is 0 Å². The number of rotatable bonds is 4. The van der Waals surface area contributed by atoms with Gasteiger partial charge < -0.3 is 19.8 Å². The van der Waals surface area contributed by atoms with Crippen LogP contribution in [0, 0.1) is 12.3 Å². The minimum atomic E-state index is -0.607. The van der Waals surface area contributed by atoms with Gasteiger partial charge >= 0.3 is 0 Å². The van der Waals surface area contributed by atoms with Crippen molar-refractivity contribution in [1.29, 1.82) is 0 Å². The van der Waals surface area contributed by atoms with Gasteiger partial charge in [-0.2, -0.15) is 0 Å². The Kier molecular flexibility index (Phi) is 3.34. The highest BCUT2D eigenvalue weighted by molar-refractivity contribution is 5.84. The summed E-state index contributed by atoms with van der Waals surface area (Å²) in [6.07, 6.45) is 2.13. The van der Waals surface area contributed by atoms with Crippen molar-refractivity contribution >= 4 is 5.91 Å². The van der Waals surface area contributed by atoms with Crippen LogP contribution < -0.4 is 5.73 Å². The smallest absolute Gasteiger partial charge is 0.233 e. The third kappa shape index (κ3) is 2.36. The summed E-state index contributed by atoms with van der Waals surface area (Å²) in [6, 6.07) is 3.97. The molecular formula is C15H22N2O3. The number of carbonyl (C=O) groups is 1. The van der Waals surface area contributed by atoms with E-state index in [-0.39, 0.29) is 11.9 Å². The first-order valence-corrected chi connectivity index (χ1v) is 7.20. The number of nitrogens with two attached hydrogens (primary N) is 1. The van der Waals surface area contributed by atoms with E-state index in [0.717, 1.165) is 24.4 Å². The second-order valence-electron chi connectivity index (χ2n) is 6.22. The Morgan fingerprint density at radius 3 is 2.75 bits per heavy atom. The largest absolute Gasteiger partial charge is 0.464 e. The fraction of sp³-hybridized carbons (Fsp3) is 0.667. The fourth-order valence-corrected chi connectivity index (χ4v) is 2.73. The molecule has 1 saturated heterocycles. The number of nitrogens with zero attached hydrogens (tertiary/aromatic N) is 1. The summed E-state index contributed by atoms with van der Waals surface area (Å²) in [7, 11) is 0. The van der Waals surface area contributed by atoms with Crippen molar-refractivity contribution in [1.82, 2.24) is 4.90 Å². The molecule has 5 nitrogen and oxygen atoms in total. The van der Waals surface area contributed by atoms with Gasteiger partial charge in [-0.05, 0) is 38.8 Å². The normalized spacial score (nSPS) is 29.6. The average Bonchev–Trinajstić information content (AvgIpc) is 3.09. The molecule has 1 saturated carbocycles. The summed E-state index contributed by atoms with van der Waals surface area (Å²) in [5, 5.41) is 0. The molecule has 1 aliphatic carbocycles. The van der Waals surface area contributed by atoms with Gasteiger partial charge in [0, 0.05) is 12.1 Å². The SMILES string of the molecule is Cc1ccc(CN(C(=O)C2(C)COCC2N)C2CC2)o1. The van der Waals surface area contributed by atoms with E-state index in [1.807, 2.05) is 30.9 Å². The lowest BCUT2D eigenvalue weighted by molar-refractivity contribution is -0.143. The molecule has 3 rings (SSSR count). The third-order valence-corrected chi connectivity index (χ3v) is 4.38. The zero-order valence-electron chi connectivity index (χ0n) is 12.1. The summed E-state index contributed by atoms with van der Waals surface area (Å²) >= 11 is 0. The Morgan fingerprint density at radius 1 is 1.50 bits per heavy atom. The second kappa shape index (κ2) is 4.90. The minimum Gasteiger partial charge on any atom is -0.464 e. The topological polar surface area (TPSA) is 68.7 Å². The van der Waals surface area contributed by atoms with Crippen LogP contribution in [0.1, 0.15) is 31.3 Å². The Bertz CT molecular complexity index is 509. The maximum absolute atomic E-state index is 12.9. The van der Waals surface area contributed by atoms with E-state index in [2.05, 4.69) is 0 Å². The molecule has 5 heteroatoms. The Labute approximate surface area is 119 Å². The molecule has 1 aromatic rings. The van der Waals surface area contributed by atoms with E-state index < -0.39 is 5.41 Å². The van der Waals surface area contributed by atoms with Gasteiger partial charge in [0.2, 0.25) is 5.91 Å². The van der Waals surface area contributed by atoms with Crippen LogP contribution in [0.4, 0.5) is 0 Å². The zero-order valence-corrected chi connectivity index (χ0v) is 12.1. The van der Waals surface area contributed by atoms with Crippen molar-refractivity contribution in [2.75, 3.05) is 13.2 Å². The highest BCUT2D eigenvalue weighted by Crippen LogP contribution is 2.36. The van der Waals surface area contributed by atoms with Crippen molar-refractivity contribution < 1.29 is 13.9 Å². The van der Waals surface area contributed by atoms with Crippen molar-refractivity contribution in [2.24, 2.45) is 11.1 Å². The molecule has 1 aromatic heterocycles. The number of hydrogen-bond donors (Lipinski definition) is 1. The maximum atomic E-state index is 12.9. The molecule has 2 fully saturated rings. The molecule has 0 radical (unpaired) electrons. The molecular weight excluding hydrogens is 256 g/mol. The third-order valence-electron chi connectivity index (χ3n) is 4.38. The van der Waals surface area contributed by atoms with Crippen LogP contribution in [0.3, 0.4) is 0 Å². The van der Waals surface area contributed by atoms with Crippen molar-refractivity contribution in [2.45, 2.75) is 45.3 Å². The second-order valence-corrected chi connectivity index (χ2v) is 6.22. The van der Waals surface area contributed by atoms with E-state index in [0.29, 0.717) is 25.8 Å². The van der Waals surface area contributed by atoms with Crippen molar-refractivity contribution in [3.05, 3.63) is 23.7 Å². The molecule has 0 aromatic carbocycles. The van der Waals surface area contributed by atoms with Crippen LogP contribution in [0.25, 0.3) is 0 Å². The van der Waals surface area contributed by atoms with Gasteiger partial charge in [-0.25, -0.2) is 0 Å². The van der Waals surface area contributed by atoms with Gasteiger partial charge in [-0.15, -0.1) is 0 Å². The van der Waals surface area contributed by atoms with Gasteiger partial charge in [-0.1, -0.05) is 0 Å². The number of carbonyl (C=O) groups excluding carboxylic acids is 1. The number of furan rings is 1. The molecule has 110 valence electrons. The predicted octanol–water partition coefficient (Wildman–Crippen LogP) is 1.44. The van der Waals surface area contributed by atoms with E-state index in [4.69, 9.17) is 14.9 Å². The zero-order chi connectivity index (χ0) is 14.3. The van der Waals surface area contributed by atoms with E-state index >= 15 is 0 Å². The number of hydrogen-bond acceptors (Lipinski definition) is 4. The average molecular weight is 278 g/mol. The summed E-state index contributed by atoms with van der Waals surface area (Å²) in [5.74, 6) is 1.80. The first-order valence-electron chi connectivity index (χ1n) is 7.20. The number of amides is 1. The highest BCUT2D eigenvalue weighted by atomic mass is 16.5. The Morgan fingerprint density at radius 2 is 2.25 bits per heavy atom. The van der Waals surface area contributed by atoms with E-state index in [9.17, 15) is 4.79 Å². The molecule has 2 unspecified atom stereocenters. The van der Waals surface area contributed by atoms with Crippen LogP contribution in [0.15, 0.2) is 16.5 Å². The number of ether oxygens (including phenoxy) is 1. The molecule has 2 aliphatic rings. The molecule has 2 N–H and O–H groups in total.